The smallest absolute Gasteiger partial charge is 0.231 e. The van der Waals surface area contributed by atoms with E-state index in [-0.39, 0.29) is 24.3 Å². The Morgan fingerprint density at radius 3 is 2.67 bits per heavy atom. The summed E-state index contributed by atoms with van der Waals surface area (Å²) in [4.78, 5) is 13.5. The average molecular weight is 270 g/mol. The fraction of sp³-hybridized carbons (Fsp3) is 0.462. The van der Waals surface area contributed by atoms with E-state index in [0.29, 0.717) is 11.4 Å². The summed E-state index contributed by atoms with van der Waals surface area (Å²) >= 11 is 1.45. The van der Waals surface area contributed by atoms with Gasteiger partial charge in [-0.25, -0.2) is 4.39 Å². The largest absolute Gasteiger partial charge is 0.369 e. The van der Waals surface area contributed by atoms with Crippen molar-refractivity contribution in [2.75, 3.05) is 18.8 Å². The van der Waals surface area contributed by atoms with Crippen molar-refractivity contribution in [1.29, 1.82) is 0 Å². The van der Waals surface area contributed by atoms with Crippen molar-refractivity contribution in [2.45, 2.75) is 24.8 Å². The molecule has 1 aromatic carbocycles. The molecule has 0 aromatic heterocycles. The first-order valence-corrected chi connectivity index (χ1v) is 6.89. The molecule has 0 bridgehead atoms. The van der Waals surface area contributed by atoms with Gasteiger partial charge in [-0.1, -0.05) is 12.1 Å². The van der Waals surface area contributed by atoms with E-state index in [0.717, 1.165) is 5.75 Å². The molecule has 0 aliphatic heterocycles. The molecular formula is C13H19FN2OS. The van der Waals surface area contributed by atoms with E-state index in [4.69, 9.17) is 5.73 Å². The van der Waals surface area contributed by atoms with E-state index in [9.17, 15) is 9.18 Å². The number of carbonyl (C=O) groups excluding carboxylic acids is 1. The zero-order chi connectivity index (χ0) is 13.5. The molecule has 18 heavy (non-hydrogen) atoms. The van der Waals surface area contributed by atoms with Crippen LogP contribution >= 0.6 is 11.8 Å². The van der Waals surface area contributed by atoms with Crippen LogP contribution in [0.4, 0.5) is 4.39 Å². The average Bonchev–Trinajstić information content (AvgIpc) is 2.29. The highest BCUT2D eigenvalue weighted by Gasteiger charge is 2.12. The fourth-order valence-corrected chi connectivity index (χ4v) is 2.48. The molecule has 1 rings (SSSR count). The van der Waals surface area contributed by atoms with Gasteiger partial charge in [0.1, 0.15) is 5.82 Å². The van der Waals surface area contributed by atoms with Crippen LogP contribution in [0.1, 0.15) is 13.8 Å². The molecule has 1 amide bonds. The van der Waals surface area contributed by atoms with Gasteiger partial charge in [-0.15, -0.1) is 11.8 Å². The molecule has 0 unspecified atom stereocenters. The monoisotopic (exact) mass is 270 g/mol. The number of primary amides is 1. The third-order valence-corrected chi connectivity index (χ3v) is 3.59. The molecule has 5 heteroatoms. The van der Waals surface area contributed by atoms with Gasteiger partial charge in [0.25, 0.3) is 0 Å². The summed E-state index contributed by atoms with van der Waals surface area (Å²) in [6, 6.07) is 6.94. The lowest BCUT2D eigenvalue weighted by Gasteiger charge is -2.24. The number of halogens is 1. The molecule has 0 heterocycles. The number of carbonyl (C=O) groups is 1. The minimum Gasteiger partial charge on any atom is -0.369 e. The zero-order valence-electron chi connectivity index (χ0n) is 10.7. The second-order valence-electron chi connectivity index (χ2n) is 4.31. The number of amides is 1. The molecule has 0 atom stereocenters. The Kier molecular flexibility index (Phi) is 6.15. The van der Waals surface area contributed by atoms with Gasteiger partial charge < -0.3 is 5.73 Å². The summed E-state index contributed by atoms with van der Waals surface area (Å²) in [5.41, 5.74) is 5.19. The highest BCUT2D eigenvalue weighted by molar-refractivity contribution is 7.99. The molecule has 0 spiro atoms. The lowest BCUT2D eigenvalue weighted by atomic mass is 10.3. The molecule has 1 aromatic rings. The predicted octanol–water partition coefficient (Wildman–Crippen LogP) is 2.11. The van der Waals surface area contributed by atoms with E-state index in [1.165, 1.54) is 17.8 Å². The highest BCUT2D eigenvalue weighted by Crippen LogP contribution is 2.21. The maximum absolute atomic E-state index is 13.4. The van der Waals surface area contributed by atoms with Crippen LogP contribution in [0.25, 0.3) is 0 Å². The van der Waals surface area contributed by atoms with Crippen molar-refractivity contribution in [1.82, 2.24) is 4.90 Å². The van der Waals surface area contributed by atoms with Crippen LogP contribution in [0.5, 0.6) is 0 Å². The predicted molar refractivity (Wildman–Crippen MR) is 73.0 cm³/mol. The molecule has 0 aliphatic carbocycles. The number of hydrogen-bond acceptors (Lipinski definition) is 3. The number of rotatable bonds is 7. The van der Waals surface area contributed by atoms with Crippen molar-refractivity contribution >= 4 is 17.7 Å². The standard InChI is InChI=1S/C13H19FN2OS/c1-10(2)16(9-13(15)17)7-8-18-12-6-4-3-5-11(12)14/h3-6,10H,7-9H2,1-2H3,(H2,15,17). The number of thioether (sulfide) groups is 1. The maximum Gasteiger partial charge on any atom is 0.231 e. The SMILES string of the molecule is CC(C)N(CCSc1ccccc1F)CC(N)=O. The van der Waals surface area contributed by atoms with Gasteiger partial charge in [-0.05, 0) is 26.0 Å². The van der Waals surface area contributed by atoms with Gasteiger partial charge in [-0.2, -0.15) is 0 Å². The molecule has 0 saturated heterocycles. The van der Waals surface area contributed by atoms with Crippen LogP contribution in [0, 0.1) is 5.82 Å². The lowest BCUT2D eigenvalue weighted by Crippen LogP contribution is -2.39. The molecule has 3 nitrogen and oxygen atoms in total. The van der Waals surface area contributed by atoms with Crippen molar-refractivity contribution in [3.63, 3.8) is 0 Å². The second kappa shape index (κ2) is 7.38. The molecule has 0 radical (unpaired) electrons. The summed E-state index contributed by atoms with van der Waals surface area (Å²) in [5, 5.41) is 0. The highest BCUT2D eigenvalue weighted by atomic mass is 32.2. The van der Waals surface area contributed by atoms with E-state index in [1.54, 1.807) is 12.1 Å². The topological polar surface area (TPSA) is 46.3 Å². The maximum atomic E-state index is 13.4. The second-order valence-corrected chi connectivity index (χ2v) is 5.45. The van der Waals surface area contributed by atoms with Crippen LogP contribution < -0.4 is 5.73 Å². The lowest BCUT2D eigenvalue weighted by molar-refractivity contribution is -0.119. The van der Waals surface area contributed by atoms with Crippen molar-refractivity contribution in [2.24, 2.45) is 5.73 Å². The molecule has 0 saturated carbocycles. The van der Waals surface area contributed by atoms with Gasteiger partial charge in [-0.3, -0.25) is 9.69 Å². The fourth-order valence-electron chi connectivity index (χ4n) is 1.55. The van der Waals surface area contributed by atoms with Crippen LogP contribution in [0.15, 0.2) is 29.2 Å². The Morgan fingerprint density at radius 1 is 1.44 bits per heavy atom. The molecule has 100 valence electrons. The Hall–Kier alpha value is -1.07. The summed E-state index contributed by atoms with van der Waals surface area (Å²) in [5.74, 6) is 0.194. The Bertz CT molecular complexity index is 398. The van der Waals surface area contributed by atoms with E-state index >= 15 is 0 Å². The van der Waals surface area contributed by atoms with Crippen LogP contribution in [0.3, 0.4) is 0 Å². The summed E-state index contributed by atoms with van der Waals surface area (Å²) < 4.78 is 13.4. The quantitative estimate of drug-likeness (QED) is 0.772. The third-order valence-electron chi connectivity index (χ3n) is 2.56. The first kappa shape index (κ1) is 15.0. The number of benzene rings is 1. The summed E-state index contributed by atoms with van der Waals surface area (Å²) in [6.07, 6.45) is 0. The van der Waals surface area contributed by atoms with E-state index in [2.05, 4.69) is 0 Å². The Morgan fingerprint density at radius 2 is 2.11 bits per heavy atom. The van der Waals surface area contributed by atoms with Gasteiger partial charge in [0.2, 0.25) is 5.91 Å². The number of nitrogens with two attached hydrogens (primary N) is 1. The van der Waals surface area contributed by atoms with Crippen LogP contribution in [-0.4, -0.2) is 35.7 Å². The van der Waals surface area contributed by atoms with Gasteiger partial charge >= 0.3 is 0 Å². The molecule has 2 N–H and O–H groups in total. The van der Waals surface area contributed by atoms with Crippen LogP contribution in [0.2, 0.25) is 0 Å². The molecule has 0 fully saturated rings. The minimum atomic E-state index is -0.334. The van der Waals surface area contributed by atoms with Crippen molar-refractivity contribution in [3.05, 3.63) is 30.1 Å². The summed E-state index contributed by atoms with van der Waals surface area (Å²) in [6.45, 7) is 4.97. The minimum absolute atomic E-state index is 0.200. The zero-order valence-corrected chi connectivity index (χ0v) is 11.5. The van der Waals surface area contributed by atoms with Gasteiger partial charge in [0, 0.05) is 23.2 Å². The first-order chi connectivity index (χ1) is 8.50. The number of nitrogens with zero attached hydrogens (tertiary/aromatic N) is 1. The summed E-state index contributed by atoms with van der Waals surface area (Å²) in [7, 11) is 0. The molecular weight excluding hydrogens is 251 g/mol. The van der Waals surface area contributed by atoms with E-state index < -0.39 is 0 Å². The van der Waals surface area contributed by atoms with Gasteiger partial charge in [0.05, 0.1) is 6.54 Å². The molecule has 0 aliphatic rings. The number of hydrogen-bond donors (Lipinski definition) is 1. The van der Waals surface area contributed by atoms with Gasteiger partial charge in [0.15, 0.2) is 0 Å². The normalized spacial score (nSPS) is 11.2. The first-order valence-electron chi connectivity index (χ1n) is 5.90. The Labute approximate surface area is 112 Å². The van der Waals surface area contributed by atoms with Crippen molar-refractivity contribution < 1.29 is 9.18 Å². The van der Waals surface area contributed by atoms with Crippen LogP contribution in [-0.2, 0) is 4.79 Å². The third kappa shape index (κ3) is 5.06. The van der Waals surface area contributed by atoms with E-state index in [1.807, 2.05) is 24.8 Å². The van der Waals surface area contributed by atoms with Crippen molar-refractivity contribution in [3.8, 4) is 0 Å². The Balaban J connectivity index is 2.44.